The minimum absolute atomic E-state index is 0.0393. The minimum Gasteiger partial charge on any atom is -0.481 e. The molecule has 164 valence electrons. The van der Waals surface area contributed by atoms with Crippen molar-refractivity contribution >= 4 is 23.4 Å². The van der Waals surface area contributed by atoms with E-state index in [-0.39, 0.29) is 31.0 Å². The van der Waals surface area contributed by atoms with E-state index in [9.17, 15) is 14.4 Å². The van der Waals surface area contributed by atoms with E-state index in [1.807, 2.05) is 12.1 Å². The van der Waals surface area contributed by atoms with Crippen molar-refractivity contribution in [3.05, 3.63) is 51.6 Å². The fourth-order valence-corrected chi connectivity index (χ4v) is 3.79. The second-order valence-electron chi connectivity index (χ2n) is 8.03. The minimum atomic E-state index is -0.978. The third-order valence-corrected chi connectivity index (χ3v) is 5.58. The number of anilines is 2. The van der Waals surface area contributed by atoms with E-state index in [0.29, 0.717) is 18.2 Å². The van der Waals surface area contributed by atoms with Gasteiger partial charge in [0.15, 0.2) is 0 Å². The number of hydrogen-bond donors (Lipinski definition) is 4. The van der Waals surface area contributed by atoms with Gasteiger partial charge in [-0.3, -0.25) is 14.4 Å². The molecule has 2 aliphatic rings. The van der Waals surface area contributed by atoms with Crippen molar-refractivity contribution in [1.29, 1.82) is 0 Å². The summed E-state index contributed by atoms with van der Waals surface area (Å²) in [6.07, 6.45) is 3.96. The number of hydrogen-bond acceptors (Lipinski definition) is 6. The number of nitrogens with one attached hydrogen (secondary N) is 3. The van der Waals surface area contributed by atoms with Crippen molar-refractivity contribution < 1.29 is 14.7 Å². The van der Waals surface area contributed by atoms with Crippen LogP contribution in [0.25, 0.3) is 0 Å². The van der Waals surface area contributed by atoms with Crippen molar-refractivity contribution in [2.24, 2.45) is 0 Å². The van der Waals surface area contributed by atoms with Gasteiger partial charge in [-0.05, 0) is 55.4 Å². The normalized spacial score (nSPS) is 15.0. The largest absolute Gasteiger partial charge is 0.481 e. The maximum Gasteiger partial charge on any atom is 0.305 e. The average Bonchev–Trinajstić information content (AvgIpc) is 3.59. The summed E-state index contributed by atoms with van der Waals surface area (Å²) >= 11 is 0. The second kappa shape index (κ2) is 9.20. The van der Waals surface area contributed by atoms with Crippen LogP contribution < -0.4 is 21.5 Å². The van der Waals surface area contributed by atoms with E-state index in [0.717, 1.165) is 49.4 Å². The van der Waals surface area contributed by atoms with Gasteiger partial charge in [0, 0.05) is 18.8 Å². The molecule has 1 aliphatic heterocycles. The molecule has 0 aromatic carbocycles. The fourth-order valence-electron chi connectivity index (χ4n) is 3.79. The maximum absolute atomic E-state index is 13.1. The van der Waals surface area contributed by atoms with Gasteiger partial charge in [-0.25, -0.2) is 4.98 Å². The predicted octanol–water partition coefficient (Wildman–Crippen LogP) is 1.68. The standard InChI is InChI=1S/C22H27N5O4/c28-19(23-11-9-20(29)30)13-27-18(14-3-4-14)8-7-17(22(27)31)25-12-16-6-5-15-2-1-10-24-21(15)26-16/h5-8,14,25H,1-4,9-13H2,(H,23,28)(H,24,26)(H,29,30). The molecule has 4 rings (SSSR count). The quantitative estimate of drug-likeness (QED) is 0.482. The summed E-state index contributed by atoms with van der Waals surface area (Å²) < 4.78 is 1.50. The first kappa shape index (κ1) is 20.9. The molecular weight excluding hydrogens is 398 g/mol. The number of aryl methyl sites for hydroxylation is 1. The van der Waals surface area contributed by atoms with E-state index < -0.39 is 5.97 Å². The van der Waals surface area contributed by atoms with Crippen LogP contribution in [0.4, 0.5) is 11.5 Å². The first-order chi connectivity index (χ1) is 15.0. The Morgan fingerprint density at radius 2 is 2.06 bits per heavy atom. The maximum atomic E-state index is 13.1. The van der Waals surface area contributed by atoms with Gasteiger partial charge in [-0.15, -0.1) is 0 Å². The number of carbonyl (C=O) groups excluding carboxylic acids is 1. The highest BCUT2D eigenvalue weighted by Gasteiger charge is 2.28. The van der Waals surface area contributed by atoms with Gasteiger partial charge in [0.2, 0.25) is 5.91 Å². The summed E-state index contributed by atoms with van der Waals surface area (Å²) in [6.45, 7) is 1.23. The SMILES string of the molecule is O=C(O)CCNC(=O)Cn1c(C2CC2)ccc(NCc2ccc3c(n2)NCCC3)c1=O. The molecule has 0 unspecified atom stereocenters. The monoisotopic (exact) mass is 425 g/mol. The number of rotatable bonds is 9. The molecule has 1 aliphatic carbocycles. The smallest absolute Gasteiger partial charge is 0.305 e. The summed E-state index contributed by atoms with van der Waals surface area (Å²) in [5, 5.41) is 17.8. The Bertz CT molecular complexity index is 1040. The third-order valence-electron chi connectivity index (χ3n) is 5.58. The molecule has 3 heterocycles. The molecule has 0 bridgehead atoms. The molecule has 1 fully saturated rings. The van der Waals surface area contributed by atoms with Crippen LogP contribution in [0, 0.1) is 0 Å². The molecule has 0 radical (unpaired) electrons. The highest BCUT2D eigenvalue weighted by molar-refractivity contribution is 5.76. The van der Waals surface area contributed by atoms with Crippen molar-refractivity contribution in [2.45, 2.75) is 51.1 Å². The number of pyridine rings is 2. The molecule has 1 amide bonds. The van der Waals surface area contributed by atoms with E-state index in [1.165, 1.54) is 10.1 Å². The summed E-state index contributed by atoms with van der Waals surface area (Å²) in [4.78, 5) is 40.6. The molecule has 0 saturated heterocycles. The van der Waals surface area contributed by atoms with Gasteiger partial charge in [0.1, 0.15) is 18.1 Å². The van der Waals surface area contributed by atoms with Crippen molar-refractivity contribution in [1.82, 2.24) is 14.9 Å². The van der Waals surface area contributed by atoms with Crippen molar-refractivity contribution in [3.8, 4) is 0 Å². The van der Waals surface area contributed by atoms with Gasteiger partial charge in [0.25, 0.3) is 5.56 Å². The summed E-state index contributed by atoms with van der Waals surface area (Å²) in [5.74, 6) is -0.148. The first-order valence-electron chi connectivity index (χ1n) is 10.7. The number of amides is 1. The Hall–Kier alpha value is -3.36. The lowest BCUT2D eigenvalue weighted by Gasteiger charge is -2.18. The lowest BCUT2D eigenvalue weighted by atomic mass is 10.1. The summed E-state index contributed by atoms with van der Waals surface area (Å²) in [6, 6.07) is 7.70. The number of nitrogens with zero attached hydrogens (tertiary/aromatic N) is 2. The summed E-state index contributed by atoms with van der Waals surface area (Å²) in [7, 11) is 0. The van der Waals surface area contributed by atoms with Gasteiger partial charge < -0.3 is 25.6 Å². The Morgan fingerprint density at radius 1 is 1.23 bits per heavy atom. The Morgan fingerprint density at radius 3 is 2.84 bits per heavy atom. The van der Waals surface area contributed by atoms with E-state index >= 15 is 0 Å². The average molecular weight is 425 g/mol. The van der Waals surface area contributed by atoms with Gasteiger partial charge in [-0.1, -0.05) is 6.07 Å². The lowest BCUT2D eigenvalue weighted by Crippen LogP contribution is -2.35. The number of aromatic nitrogens is 2. The second-order valence-corrected chi connectivity index (χ2v) is 8.03. The molecular formula is C22H27N5O4. The Kier molecular flexibility index (Phi) is 6.20. The molecule has 1 saturated carbocycles. The van der Waals surface area contributed by atoms with Crippen molar-refractivity contribution in [3.63, 3.8) is 0 Å². The Balaban J connectivity index is 1.47. The van der Waals surface area contributed by atoms with Crippen LogP contribution in [-0.2, 0) is 29.1 Å². The zero-order valence-electron chi connectivity index (χ0n) is 17.3. The third kappa shape index (κ3) is 5.22. The predicted molar refractivity (Wildman–Crippen MR) is 116 cm³/mol. The zero-order valence-corrected chi connectivity index (χ0v) is 17.3. The van der Waals surface area contributed by atoms with Crippen LogP contribution >= 0.6 is 0 Å². The van der Waals surface area contributed by atoms with E-state index in [1.54, 1.807) is 6.07 Å². The number of carboxylic acids is 1. The number of carboxylic acid groups (broad SMARTS) is 1. The van der Waals surface area contributed by atoms with Crippen LogP contribution in [0.2, 0.25) is 0 Å². The van der Waals surface area contributed by atoms with E-state index in [4.69, 9.17) is 5.11 Å². The van der Waals surface area contributed by atoms with Crippen molar-refractivity contribution in [2.75, 3.05) is 23.7 Å². The van der Waals surface area contributed by atoms with E-state index in [2.05, 4.69) is 27.0 Å². The van der Waals surface area contributed by atoms with Crippen LogP contribution in [0.3, 0.4) is 0 Å². The van der Waals surface area contributed by atoms with Crippen LogP contribution in [0.5, 0.6) is 0 Å². The first-order valence-corrected chi connectivity index (χ1v) is 10.7. The highest BCUT2D eigenvalue weighted by atomic mass is 16.4. The highest BCUT2D eigenvalue weighted by Crippen LogP contribution is 2.39. The van der Waals surface area contributed by atoms with Crippen LogP contribution in [0.1, 0.15) is 48.6 Å². The van der Waals surface area contributed by atoms with Crippen LogP contribution in [0.15, 0.2) is 29.1 Å². The number of fused-ring (bicyclic) bond motifs is 1. The van der Waals surface area contributed by atoms with Gasteiger partial charge in [-0.2, -0.15) is 0 Å². The fraction of sp³-hybridized carbons (Fsp3) is 0.455. The lowest BCUT2D eigenvalue weighted by molar-refractivity contribution is -0.136. The number of aliphatic carboxylic acids is 1. The number of carbonyl (C=O) groups is 2. The molecule has 31 heavy (non-hydrogen) atoms. The van der Waals surface area contributed by atoms with Crippen LogP contribution in [-0.4, -0.2) is 39.6 Å². The van der Waals surface area contributed by atoms with Gasteiger partial charge in [0.05, 0.1) is 18.7 Å². The molecule has 2 aromatic heterocycles. The topological polar surface area (TPSA) is 125 Å². The molecule has 0 atom stereocenters. The molecule has 4 N–H and O–H groups in total. The van der Waals surface area contributed by atoms with Gasteiger partial charge >= 0.3 is 5.97 Å². The molecule has 9 heteroatoms. The summed E-state index contributed by atoms with van der Waals surface area (Å²) in [5.41, 5.74) is 3.04. The molecule has 0 spiro atoms. The zero-order chi connectivity index (χ0) is 21.8. The molecule has 2 aromatic rings. The molecule has 9 nitrogen and oxygen atoms in total. The Labute approximate surface area is 179 Å².